The van der Waals surface area contributed by atoms with Gasteiger partial charge in [0.25, 0.3) is 5.56 Å². The molecular formula is C18H11FN4O2. The molecule has 0 aliphatic carbocycles. The van der Waals surface area contributed by atoms with Crippen molar-refractivity contribution in [2.45, 2.75) is 6.42 Å². The topological polar surface area (TPSA) is 77.2 Å². The van der Waals surface area contributed by atoms with E-state index in [1.807, 2.05) is 12.1 Å². The van der Waals surface area contributed by atoms with Crippen LogP contribution in [0.25, 0.3) is 16.6 Å². The number of fused-ring (bicyclic) bond motifs is 3. The molecule has 4 aromatic rings. The predicted octanol–water partition coefficient (Wildman–Crippen LogP) is 2.20. The summed E-state index contributed by atoms with van der Waals surface area (Å²) >= 11 is 0. The molecule has 4 rings (SSSR count). The van der Waals surface area contributed by atoms with Gasteiger partial charge < -0.3 is 0 Å². The van der Waals surface area contributed by atoms with Gasteiger partial charge in [0.05, 0.1) is 17.5 Å². The largest absolute Gasteiger partial charge is 0.295 e. The molecule has 0 saturated heterocycles. The second kappa shape index (κ2) is 5.86. The first-order valence-corrected chi connectivity index (χ1v) is 7.54. The van der Waals surface area contributed by atoms with Gasteiger partial charge in [-0.25, -0.2) is 13.9 Å². The van der Waals surface area contributed by atoms with Crippen molar-refractivity contribution in [3.63, 3.8) is 0 Å². The van der Waals surface area contributed by atoms with Crippen LogP contribution in [0, 0.1) is 5.82 Å². The van der Waals surface area contributed by atoms with Gasteiger partial charge in [0.15, 0.2) is 11.4 Å². The molecule has 2 aromatic carbocycles. The maximum Gasteiger partial charge on any atom is 0.295 e. The van der Waals surface area contributed by atoms with Gasteiger partial charge in [0.1, 0.15) is 17.8 Å². The van der Waals surface area contributed by atoms with E-state index in [4.69, 9.17) is 0 Å². The molecule has 0 bridgehead atoms. The zero-order valence-electron chi connectivity index (χ0n) is 12.9. The van der Waals surface area contributed by atoms with E-state index in [0.717, 1.165) is 0 Å². The third-order valence-corrected chi connectivity index (χ3v) is 3.85. The average Bonchev–Trinajstić information content (AvgIpc) is 2.62. The summed E-state index contributed by atoms with van der Waals surface area (Å²) in [6.07, 6.45) is 1.10. The van der Waals surface area contributed by atoms with E-state index in [0.29, 0.717) is 16.6 Å². The second-order valence-electron chi connectivity index (χ2n) is 5.47. The van der Waals surface area contributed by atoms with E-state index in [2.05, 4.69) is 15.1 Å². The molecule has 0 fully saturated rings. The van der Waals surface area contributed by atoms with Crippen molar-refractivity contribution in [1.82, 2.24) is 19.6 Å². The van der Waals surface area contributed by atoms with Gasteiger partial charge in [-0.15, -0.1) is 0 Å². The van der Waals surface area contributed by atoms with Gasteiger partial charge in [0.2, 0.25) is 0 Å². The maximum absolute atomic E-state index is 13.7. The van der Waals surface area contributed by atoms with Gasteiger partial charge in [0, 0.05) is 5.39 Å². The van der Waals surface area contributed by atoms with Crippen LogP contribution in [0.1, 0.15) is 16.1 Å². The maximum atomic E-state index is 13.7. The number of benzene rings is 2. The molecule has 0 saturated carbocycles. The highest BCUT2D eigenvalue weighted by Gasteiger charge is 2.16. The van der Waals surface area contributed by atoms with Crippen molar-refractivity contribution in [1.29, 1.82) is 0 Å². The average molecular weight is 334 g/mol. The van der Waals surface area contributed by atoms with Crippen LogP contribution in [0.3, 0.4) is 0 Å². The summed E-state index contributed by atoms with van der Waals surface area (Å²) in [6.45, 7) is 0. The van der Waals surface area contributed by atoms with Gasteiger partial charge in [-0.2, -0.15) is 10.1 Å². The number of carbonyl (C=O) groups excluding carboxylic acids is 1. The zero-order valence-corrected chi connectivity index (χ0v) is 12.9. The number of carbonyl (C=O) groups is 1. The molecule has 0 aliphatic rings. The molecule has 6 nitrogen and oxygen atoms in total. The minimum atomic E-state index is -0.631. The highest BCUT2D eigenvalue weighted by molar-refractivity contribution is 5.97. The zero-order chi connectivity index (χ0) is 17.4. The number of aromatic nitrogens is 4. The van der Waals surface area contributed by atoms with E-state index < -0.39 is 17.2 Å². The summed E-state index contributed by atoms with van der Waals surface area (Å²) in [6, 6.07) is 12.9. The van der Waals surface area contributed by atoms with Crippen LogP contribution in [-0.2, 0) is 6.42 Å². The lowest BCUT2D eigenvalue weighted by Gasteiger charge is -2.05. The number of ketones is 1. The summed E-state index contributed by atoms with van der Waals surface area (Å²) in [5.41, 5.74) is 0.304. The Morgan fingerprint density at radius 1 is 1.08 bits per heavy atom. The second-order valence-corrected chi connectivity index (χ2v) is 5.47. The molecule has 0 N–H and O–H groups in total. The molecule has 0 radical (unpaired) electrons. The summed E-state index contributed by atoms with van der Waals surface area (Å²) in [5.74, 6) is -1.16. The third kappa shape index (κ3) is 2.65. The number of halogens is 1. The van der Waals surface area contributed by atoms with Crippen molar-refractivity contribution in [2.24, 2.45) is 0 Å². The molecule has 0 atom stereocenters. The first-order chi connectivity index (χ1) is 12.1. The molecule has 7 heteroatoms. The molecule has 0 spiro atoms. The lowest BCUT2D eigenvalue weighted by Crippen LogP contribution is -2.22. The predicted molar refractivity (Wildman–Crippen MR) is 89.0 cm³/mol. The van der Waals surface area contributed by atoms with E-state index in [-0.39, 0.29) is 17.7 Å². The molecule has 25 heavy (non-hydrogen) atoms. The normalized spacial score (nSPS) is 11.1. The molecule has 122 valence electrons. The summed E-state index contributed by atoms with van der Waals surface area (Å²) < 4.78 is 15.1. The highest BCUT2D eigenvalue weighted by atomic mass is 19.1. The van der Waals surface area contributed by atoms with Gasteiger partial charge in [-0.3, -0.25) is 9.59 Å². The summed E-state index contributed by atoms with van der Waals surface area (Å²) in [4.78, 5) is 32.8. The Morgan fingerprint density at radius 3 is 2.68 bits per heavy atom. The smallest absolute Gasteiger partial charge is 0.294 e. The third-order valence-electron chi connectivity index (χ3n) is 3.85. The fourth-order valence-electron chi connectivity index (χ4n) is 2.63. The first kappa shape index (κ1) is 15.1. The number of rotatable bonds is 3. The van der Waals surface area contributed by atoms with Crippen molar-refractivity contribution >= 4 is 22.3 Å². The number of nitrogens with zero attached hydrogens (tertiary/aromatic N) is 4. The standard InChI is InChI=1S/C18H11FN4O2/c19-13-7-3-1-5-11(13)16(24)9-15-18(25)21-17-12-6-2-4-8-14(12)20-10-23(17)22-15/h1-8,10H,9H2. The quantitative estimate of drug-likeness (QED) is 0.424. The Bertz CT molecular complexity index is 1190. The molecular weight excluding hydrogens is 323 g/mol. The number of hydrogen-bond donors (Lipinski definition) is 0. The van der Waals surface area contributed by atoms with Crippen molar-refractivity contribution in [3.8, 4) is 0 Å². The lowest BCUT2D eigenvalue weighted by atomic mass is 10.1. The van der Waals surface area contributed by atoms with Crippen LogP contribution >= 0.6 is 0 Å². The molecule has 0 aliphatic heterocycles. The van der Waals surface area contributed by atoms with E-state index in [9.17, 15) is 14.0 Å². The Labute approximate surface area is 140 Å². The van der Waals surface area contributed by atoms with E-state index in [1.165, 1.54) is 29.0 Å². The monoisotopic (exact) mass is 334 g/mol. The van der Waals surface area contributed by atoms with Crippen LogP contribution in [0.5, 0.6) is 0 Å². The van der Waals surface area contributed by atoms with Crippen LogP contribution in [0.4, 0.5) is 4.39 Å². The van der Waals surface area contributed by atoms with Crippen molar-refractivity contribution in [3.05, 3.63) is 82.3 Å². The number of hydrogen-bond acceptors (Lipinski definition) is 5. The molecule has 0 unspecified atom stereocenters. The molecule has 0 amide bonds. The minimum absolute atomic E-state index is 0.0529. The fraction of sp³-hybridized carbons (Fsp3) is 0.0556. The Kier molecular flexibility index (Phi) is 3.53. The number of Topliss-reactive ketones (excluding diaryl/α,β-unsaturated/α-hetero) is 1. The van der Waals surface area contributed by atoms with Crippen LogP contribution < -0.4 is 5.56 Å². The van der Waals surface area contributed by atoms with Crippen molar-refractivity contribution < 1.29 is 9.18 Å². The summed E-state index contributed by atoms with van der Waals surface area (Å²) in [5, 5.41) is 4.84. The SMILES string of the molecule is O=C(Cc1nn2cnc3ccccc3c2nc1=O)c1ccccc1F. The van der Waals surface area contributed by atoms with Gasteiger partial charge >= 0.3 is 0 Å². The lowest BCUT2D eigenvalue weighted by molar-refractivity contribution is 0.0987. The Balaban J connectivity index is 1.80. The highest BCUT2D eigenvalue weighted by Crippen LogP contribution is 2.14. The minimum Gasteiger partial charge on any atom is -0.294 e. The van der Waals surface area contributed by atoms with Crippen molar-refractivity contribution in [2.75, 3.05) is 0 Å². The van der Waals surface area contributed by atoms with Gasteiger partial charge in [-0.05, 0) is 24.3 Å². The summed E-state index contributed by atoms with van der Waals surface area (Å²) in [7, 11) is 0. The fourth-order valence-corrected chi connectivity index (χ4v) is 2.63. The van der Waals surface area contributed by atoms with Crippen LogP contribution in [0.15, 0.2) is 59.7 Å². The van der Waals surface area contributed by atoms with E-state index in [1.54, 1.807) is 18.2 Å². The Hall–Kier alpha value is -3.48. The van der Waals surface area contributed by atoms with Gasteiger partial charge in [-0.1, -0.05) is 24.3 Å². The Morgan fingerprint density at radius 2 is 1.84 bits per heavy atom. The number of para-hydroxylation sites is 1. The van der Waals surface area contributed by atoms with Crippen LogP contribution in [0.2, 0.25) is 0 Å². The first-order valence-electron chi connectivity index (χ1n) is 7.54. The van der Waals surface area contributed by atoms with E-state index >= 15 is 0 Å². The molecule has 2 aromatic heterocycles. The molecule has 2 heterocycles. The van der Waals surface area contributed by atoms with Crippen LogP contribution in [-0.4, -0.2) is 25.4 Å².